The molecule has 1 saturated heterocycles. The first-order chi connectivity index (χ1) is 17.4. The molecule has 0 radical (unpaired) electrons. The van der Waals surface area contributed by atoms with Gasteiger partial charge in [-0.3, -0.25) is 9.59 Å². The van der Waals surface area contributed by atoms with Crippen molar-refractivity contribution in [1.82, 2.24) is 9.80 Å². The number of carbonyl (C=O) groups excluding carboxylic acids is 2. The molecule has 0 aromatic heterocycles. The van der Waals surface area contributed by atoms with Crippen molar-refractivity contribution in [2.24, 2.45) is 0 Å². The van der Waals surface area contributed by atoms with Crippen LogP contribution in [0.2, 0.25) is 5.02 Å². The molecule has 194 valence electrons. The normalized spacial score (nSPS) is 17.2. The molecule has 36 heavy (non-hydrogen) atoms. The minimum atomic E-state index is -0.757. The Morgan fingerprint density at radius 1 is 0.972 bits per heavy atom. The van der Waals surface area contributed by atoms with E-state index in [1.54, 1.807) is 41.3 Å². The number of carbonyl (C=O) groups is 2. The van der Waals surface area contributed by atoms with E-state index >= 15 is 0 Å². The Bertz CT molecular complexity index is 1100. The van der Waals surface area contributed by atoms with E-state index < -0.39 is 17.7 Å². The molecule has 2 aromatic rings. The van der Waals surface area contributed by atoms with Crippen LogP contribution in [0.15, 0.2) is 48.0 Å². The predicted molar refractivity (Wildman–Crippen MR) is 142 cm³/mol. The van der Waals surface area contributed by atoms with Gasteiger partial charge in [0.15, 0.2) is 11.5 Å². The number of Topliss-reactive ketones (excluding diaryl/α,β-unsaturated/α-hetero) is 1. The molecule has 0 spiro atoms. The van der Waals surface area contributed by atoms with Crippen LogP contribution in [0.25, 0.3) is 5.76 Å². The summed E-state index contributed by atoms with van der Waals surface area (Å²) in [5.41, 5.74) is 1.14. The van der Waals surface area contributed by atoms with Gasteiger partial charge in [0.05, 0.1) is 24.8 Å². The third-order valence-corrected chi connectivity index (χ3v) is 6.56. The van der Waals surface area contributed by atoms with Crippen molar-refractivity contribution in [3.8, 4) is 11.5 Å². The van der Waals surface area contributed by atoms with Crippen LogP contribution >= 0.6 is 11.6 Å². The maximum atomic E-state index is 13.3. The molecule has 2 aromatic carbocycles. The van der Waals surface area contributed by atoms with Gasteiger partial charge in [-0.25, -0.2) is 0 Å². The van der Waals surface area contributed by atoms with E-state index in [-0.39, 0.29) is 11.3 Å². The SMILES string of the molecule is CCOc1ccc(C2/C(=C(\O)c3ccc(Cl)cc3)C(=O)C(=O)N2CCCN(CC)CC)cc1OCC. The zero-order valence-corrected chi connectivity index (χ0v) is 22.2. The molecule has 1 N–H and O–H groups in total. The molecule has 1 aliphatic rings. The first kappa shape index (κ1) is 27.6. The van der Waals surface area contributed by atoms with Crippen LogP contribution < -0.4 is 9.47 Å². The largest absolute Gasteiger partial charge is 0.507 e. The summed E-state index contributed by atoms with van der Waals surface area (Å²) in [5.74, 6) is -0.450. The molecule has 1 fully saturated rings. The summed E-state index contributed by atoms with van der Waals surface area (Å²) in [7, 11) is 0. The standard InChI is InChI=1S/C28H35ClN2O5/c1-5-30(6-2)16-9-17-31-25(20-12-15-22(35-7-3)23(18-20)36-8-4)24(27(33)28(31)34)26(32)19-10-13-21(29)14-11-19/h10-15,18,25,32H,5-9,16-17H2,1-4H3/b26-24+. The Labute approximate surface area is 218 Å². The van der Waals surface area contributed by atoms with Crippen LogP contribution in [0.5, 0.6) is 11.5 Å². The molecule has 8 heteroatoms. The number of likely N-dealkylation sites (tertiary alicyclic amines) is 1. The van der Waals surface area contributed by atoms with Crippen LogP contribution in [0.1, 0.15) is 51.3 Å². The Morgan fingerprint density at radius 3 is 2.22 bits per heavy atom. The first-order valence-corrected chi connectivity index (χ1v) is 12.9. The number of ether oxygens (including phenoxy) is 2. The van der Waals surface area contributed by atoms with E-state index in [4.69, 9.17) is 21.1 Å². The number of nitrogens with zero attached hydrogens (tertiary/aromatic N) is 2. The van der Waals surface area contributed by atoms with E-state index in [1.165, 1.54) is 0 Å². The molecule has 1 aliphatic heterocycles. The van der Waals surface area contributed by atoms with Crippen LogP contribution in [0.3, 0.4) is 0 Å². The molecular formula is C28H35ClN2O5. The Balaban J connectivity index is 2.09. The van der Waals surface area contributed by atoms with Gasteiger partial charge in [0.25, 0.3) is 11.7 Å². The van der Waals surface area contributed by atoms with E-state index in [0.29, 0.717) is 53.8 Å². The molecule has 3 rings (SSSR count). The minimum absolute atomic E-state index is 0.0526. The summed E-state index contributed by atoms with van der Waals surface area (Å²) in [6.45, 7) is 11.8. The van der Waals surface area contributed by atoms with Crippen molar-refractivity contribution in [2.75, 3.05) is 39.4 Å². The van der Waals surface area contributed by atoms with E-state index in [9.17, 15) is 14.7 Å². The first-order valence-electron chi connectivity index (χ1n) is 12.5. The average Bonchev–Trinajstić information content (AvgIpc) is 3.13. The second kappa shape index (κ2) is 12.8. The van der Waals surface area contributed by atoms with Crippen LogP contribution in [-0.2, 0) is 9.59 Å². The van der Waals surface area contributed by atoms with Gasteiger partial charge in [0.1, 0.15) is 5.76 Å². The summed E-state index contributed by atoms with van der Waals surface area (Å²) < 4.78 is 11.5. The van der Waals surface area contributed by atoms with Crippen LogP contribution in [0.4, 0.5) is 0 Å². The lowest BCUT2D eigenvalue weighted by Crippen LogP contribution is -2.33. The molecule has 7 nitrogen and oxygen atoms in total. The van der Waals surface area contributed by atoms with Crippen molar-refractivity contribution in [1.29, 1.82) is 0 Å². The third kappa shape index (κ3) is 6.02. The Kier molecular flexibility index (Phi) is 9.79. The quantitative estimate of drug-likeness (QED) is 0.235. The number of ketones is 1. The van der Waals surface area contributed by atoms with Crippen LogP contribution in [0, 0.1) is 0 Å². The monoisotopic (exact) mass is 514 g/mol. The number of hydrogen-bond acceptors (Lipinski definition) is 6. The summed E-state index contributed by atoms with van der Waals surface area (Å²) in [5, 5.41) is 11.7. The number of aliphatic hydroxyl groups is 1. The number of amides is 1. The summed E-state index contributed by atoms with van der Waals surface area (Å²) in [4.78, 5) is 30.3. The molecule has 1 unspecified atom stereocenters. The molecule has 0 saturated carbocycles. The van der Waals surface area contributed by atoms with Gasteiger partial charge in [0, 0.05) is 17.1 Å². The topological polar surface area (TPSA) is 79.3 Å². The minimum Gasteiger partial charge on any atom is -0.507 e. The van der Waals surface area contributed by atoms with Crippen molar-refractivity contribution >= 4 is 29.1 Å². The van der Waals surface area contributed by atoms with Crippen LogP contribution in [-0.4, -0.2) is 66.0 Å². The number of aliphatic hydroxyl groups excluding tert-OH is 1. The van der Waals surface area contributed by atoms with E-state index in [1.807, 2.05) is 19.9 Å². The van der Waals surface area contributed by atoms with Gasteiger partial charge >= 0.3 is 0 Å². The summed E-state index contributed by atoms with van der Waals surface area (Å²) in [6, 6.07) is 11.2. The van der Waals surface area contributed by atoms with Gasteiger partial charge < -0.3 is 24.4 Å². The average molecular weight is 515 g/mol. The maximum Gasteiger partial charge on any atom is 0.295 e. The highest BCUT2D eigenvalue weighted by atomic mass is 35.5. The van der Waals surface area contributed by atoms with Gasteiger partial charge in [-0.05, 0) is 81.9 Å². The third-order valence-electron chi connectivity index (χ3n) is 6.31. The lowest BCUT2D eigenvalue weighted by Gasteiger charge is -2.27. The molecule has 1 heterocycles. The Morgan fingerprint density at radius 2 is 1.61 bits per heavy atom. The zero-order valence-electron chi connectivity index (χ0n) is 21.4. The highest BCUT2D eigenvalue weighted by molar-refractivity contribution is 6.46. The van der Waals surface area contributed by atoms with Crippen molar-refractivity contribution in [2.45, 2.75) is 40.2 Å². The second-order valence-electron chi connectivity index (χ2n) is 8.45. The second-order valence-corrected chi connectivity index (χ2v) is 8.89. The molecular weight excluding hydrogens is 480 g/mol. The van der Waals surface area contributed by atoms with E-state index in [2.05, 4.69) is 18.7 Å². The molecule has 0 aliphatic carbocycles. The fourth-order valence-corrected chi connectivity index (χ4v) is 4.59. The van der Waals surface area contributed by atoms with Gasteiger partial charge in [0.2, 0.25) is 0 Å². The highest BCUT2D eigenvalue weighted by Gasteiger charge is 2.46. The fourth-order valence-electron chi connectivity index (χ4n) is 4.46. The molecule has 1 amide bonds. The van der Waals surface area contributed by atoms with Crippen molar-refractivity contribution in [3.05, 3.63) is 64.2 Å². The number of hydrogen-bond donors (Lipinski definition) is 1. The Hall–Kier alpha value is -3.03. The van der Waals surface area contributed by atoms with Crippen molar-refractivity contribution < 1.29 is 24.2 Å². The summed E-state index contributed by atoms with van der Waals surface area (Å²) >= 11 is 6.01. The van der Waals surface area contributed by atoms with Crippen molar-refractivity contribution in [3.63, 3.8) is 0 Å². The maximum absolute atomic E-state index is 13.3. The highest BCUT2D eigenvalue weighted by Crippen LogP contribution is 2.42. The lowest BCUT2D eigenvalue weighted by molar-refractivity contribution is -0.140. The van der Waals surface area contributed by atoms with Gasteiger partial charge in [-0.2, -0.15) is 0 Å². The summed E-state index contributed by atoms with van der Waals surface area (Å²) in [6.07, 6.45) is 0.696. The predicted octanol–water partition coefficient (Wildman–Crippen LogP) is 5.29. The number of benzene rings is 2. The lowest BCUT2D eigenvalue weighted by atomic mass is 9.95. The van der Waals surface area contributed by atoms with E-state index in [0.717, 1.165) is 19.6 Å². The van der Waals surface area contributed by atoms with Gasteiger partial charge in [-0.15, -0.1) is 0 Å². The zero-order chi connectivity index (χ0) is 26.2. The smallest absolute Gasteiger partial charge is 0.295 e. The fraction of sp³-hybridized carbons (Fsp3) is 0.429. The molecule has 1 atom stereocenters. The molecule has 0 bridgehead atoms. The number of halogens is 1. The number of rotatable bonds is 12. The van der Waals surface area contributed by atoms with Gasteiger partial charge in [-0.1, -0.05) is 31.5 Å².